The summed E-state index contributed by atoms with van der Waals surface area (Å²) >= 11 is 0. The molecule has 0 saturated heterocycles. The van der Waals surface area contributed by atoms with Crippen LogP contribution in [-0.4, -0.2) is 28.1 Å². The van der Waals surface area contributed by atoms with Gasteiger partial charge < -0.3 is 10.1 Å². The van der Waals surface area contributed by atoms with Crippen LogP contribution in [-0.2, 0) is 13.5 Å². The van der Waals surface area contributed by atoms with E-state index >= 15 is 0 Å². The van der Waals surface area contributed by atoms with Crippen molar-refractivity contribution in [1.82, 2.24) is 20.3 Å². The highest BCUT2D eigenvalue weighted by molar-refractivity contribution is 5.31. The van der Waals surface area contributed by atoms with Crippen LogP contribution in [0, 0.1) is 0 Å². The van der Waals surface area contributed by atoms with E-state index in [-0.39, 0.29) is 6.04 Å². The summed E-state index contributed by atoms with van der Waals surface area (Å²) in [4.78, 5) is 0. The average Bonchev–Trinajstić information content (AvgIpc) is 2.84. The van der Waals surface area contributed by atoms with Gasteiger partial charge in [0.25, 0.3) is 0 Å². The maximum atomic E-state index is 5.57. The van der Waals surface area contributed by atoms with E-state index in [0.29, 0.717) is 6.61 Å². The Hall–Kier alpha value is -1.88. The number of aromatic nitrogens is 3. The molecule has 20 heavy (non-hydrogen) atoms. The van der Waals surface area contributed by atoms with Crippen LogP contribution >= 0.6 is 0 Å². The Bertz CT molecular complexity index is 538. The molecule has 0 radical (unpaired) electrons. The van der Waals surface area contributed by atoms with Gasteiger partial charge in [0, 0.05) is 25.7 Å². The van der Waals surface area contributed by atoms with Crippen LogP contribution in [0.5, 0.6) is 5.75 Å². The summed E-state index contributed by atoms with van der Waals surface area (Å²) in [5, 5.41) is 11.6. The molecule has 1 N–H and O–H groups in total. The van der Waals surface area contributed by atoms with E-state index in [0.717, 1.165) is 24.4 Å². The summed E-state index contributed by atoms with van der Waals surface area (Å²) in [7, 11) is 1.88. The standard InChI is InChI=1S/C15H22N4O/c1-4-16-15(10-13-11-19(3)18-17-13)12-7-6-8-14(9-12)20-5-2/h6-9,11,15-16H,4-5,10H2,1-3H3. The van der Waals surface area contributed by atoms with Gasteiger partial charge in [0.05, 0.1) is 12.3 Å². The molecule has 1 atom stereocenters. The van der Waals surface area contributed by atoms with Crippen molar-refractivity contribution in [2.45, 2.75) is 26.3 Å². The lowest BCUT2D eigenvalue weighted by atomic mass is 10.0. The number of hydrogen-bond donors (Lipinski definition) is 1. The van der Waals surface area contributed by atoms with E-state index < -0.39 is 0 Å². The number of likely N-dealkylation sites (N-methyl/N-ethyl adjacent to an activating group) is 1. The van der Waals surface area contributed by atoms with Gasteiger partial charge in [-0.15, -0.1) is 5.10 Å². The molecule has 5 nitrogen and oxygen atoms in total. The van der Waals surface area contributed by atoms with Crippen molar-refractivity contribution < 1.29 is 4.74 Å². The second kappa shape index (κ2) is 7.05. The molecule has 0 aliphatic heterocycles. The minimum absolute atomic E-state index is 0.220. The molecule has 0 spiro atoms. The highest BCUT2D eigenvalue weighted by atomic mass is 16.5. The van der Waals surface area contributed by atoms with E-state index in [2.05, 4.69) is 34.7 Å². The van der Waals surface area contributed by atoms with Crippen LogP contribution in [0.15, 0.2) is 30.5 Å². The topological polar surface area (TPSA) is 52.0 Å². The van der Waals surface area contributed by atoms with Crippen molar-refractivity contribution in [2.75, 3.05) is 13.2 Å². The van der Waals surface area contributed by atoms with E-state index in [4.69, 9.17) is 4.74 Å². The zero-order valence-electron chi connectivity index (χ0n) is 12.3. The summed E-state index contributed by atoms with van der Waals surface area (Å²) in [6, 6.07) is 8.44. The molecule has 108 valence electrons. The fraction of sp³-hybridized carbons (Fsp3) is 0.467. The number of hydrogen-bond acceptors (Lipinski definition) is 4. The minimum Gasteiger partial charge on any atom is -0.494 e. The van der Waals surface area contributed by atoms with Gasteiger partial charge >= 0.3 is 0 Å². The molecule has 0 amide bonds. The van der Waals surface area contributed by atoms with Gasteiger partial charge in [0.2, 0.25) is 0 Å². The van der Waals surface area contributed by atoms with Crippen LogP contribution in [0.2, 0.25) is 0 Å². The molecule has 1 aromatic carbocycles. The maximum Gasteiger partial charge on any atom is 0.119 e. The van der Waals surface area contributed by atoms with E-state index in [1.807, 2.05) is 32.3 Å². The zero-order valence-corrected chi connectivity index (χ0v) is 12.3. The minimum atomic E-state index is 0.220. The van der Waals surface area contributed by atoms with Crippen LogP contribution < -0.4 is 10.1 Å². The van der Waals surface area contributed by atoms with Crippen LogP contribution in [0.25, 0.3) is 0 Å². The first kappa shape index (κ1) is 14.5. The summed E-state index contributed by atoms with van der Waals surface area (Å²) in [5.41, 5.74) is 2.20. The second-order valence-electron chi connectivity index (χ2n) is 4.70. The van der Waals surface area contributed by atoms with Gasteiger partial charge in [0.15, 0.2) is 0 Å². The number of nitrogens with zero attached hydrogens (tertiary/aromatic N) is 3. The normalized spacial score (nSPS) is 12.3. The highest BCUT2D eigenvalue weighted by Gasteiger charge is 2.14. The van der Waals surface area contributed by atoms with Gasteiger partial charge in [-0.25, -0.2) is 0 Å². The first-order valence-corrected chi connectivity index (χ1v) is 7.04. The zero-order chi connectivity index (χ0) is 14.4. The molecule has 5 heteroatoms. The van der Waals surface area contributed by atoms with Gasteiger partial charge in [-0.1, -0.05) is 24.3 Å². The molecule has 0 saturated carbocycles. The smallest absolute Gasteiger partial charge is 0.119 e. The molecule has 0 fully saturated rings. The second-order valence-corrected chi connectivity index (χ2v) is 4.70. The van der Waals surface area contributed by atoms with Crippen molar-refractivity contribution in [3.8, 4) is 5.75 Å². The van der Waals surface area contributed by atoms with Crippen molar-refractivity contribution in [3.05, 3.63) is 41.7 Å². The van der Waals surface area contributed by atoms with Crippen molar-refractivity contribution in [2.24, 2.45) is 7.05 Å². The Morgan fingerprint density at radius 3 is 2.85 bits per heavy atom. The van der Waals surface area contributed by atoms with Gasteiger partial charge in [-0.3, -0.25) is 4.68 Å². The van der Waals surface area contributed by atoms with E-state index in [1.165, 1.54) is 5.56 Å². The number of benzene rings is 1. The van der Waals surface area contributed by atoms with E-state index in [1.54, 1.807) is 4.68 Å². The van der Waals surface area contributed by atoms with Gasteiger partial charge in [0.1, 0.15) is 5.75 Å². The van der Waals surface area contributed by atoms with E-state index in [9.17, 15) is 0 Å². The van der Waals surface area contributed by atoms with Crippen molar-refractivity contribution >= 4 is 0 Å². The monoisotopic (exact) mass is 274 g/mol. The Balaban J connectivity index is 2.16. The third-order valence-corrected chi connectivity index (χ3v) is 3.09. The predicted molar refractivity (Wildman–Crippen MR) is 78.7 cm³/mol. The van der Waals surface area contributed by atoms with Gasteiger partial charge in [-0.05, 0) is 31.2 Å². The predicted octanol–water partition coefficient (Wildman–Crippen LogP) is 2.11. The molecule has 2 aromatic rings. The van der Waals surface area contributed by atoms with Crippen molar-refractivity contribution in [3.63, 3.8) is 0 Å². The number of rotatable bonds is 7. The molecular weight excluding hydrogens is 252 g/mol. The SMILES string of the molecule is CCNC(Cc1cn(C)nn1)c1cccc(OCC)c1. The largest absolute Gasteiger partial charge is 0.494 e. The number of ether oxygens (including phenoxy) is 1. The Morgan fingerprint density at radius 2 is 2.20 bits per heavy atom. The highest BCUT2D eigenvalue weighted by Crippen LogP contribution is 2.22. The third kappa shape index (κ3) is 3.81. The summed E-state index contributed by atoms with van der Waals surface area (Å²) < 4.78 is 7.30. The quantitative estimate of drug-likeness (QED) is 0.840. The maximum absolute atomic E-state index is 5.57. The van der Waals surface area contributed by atoms with Crippen molar-refractivity contribution in [1.29, 1.82) is 0 Å². The molecule has 1 unspecified atom stereocenters. The average molecular weight is 274 g/mol. The molecule has 1 heterocycles. The molecule has 2 rings (SSSR count). The fourth-order valence-corrected chi connectivity index (χ4v) is 2.24. The summed E-state index contributed by atoms with van der Waals surface area (Å²) in [6.45, 7) is 5.69. The Labute approximate surface area is 120 Å². The Kier molecular flexibility index (Phi) is 5.12. The lowest BCUT2D eigenvalue weighted by Gasteiger charge is -2.18. The first-order chi connectivity index (χ1) is 9.72. The molecule has 1 aromatic heterocycles. The van der Waals surface area contributed by atoms with Crippen LogP contribution in [0.1, 0.15) is 31.1 Å². The lowest BCUT2D eigenvalue weighted by Crippen LogP contribution is -2.23. The summed E-state index contributed by atoms with van der Waals surface area (Å²) in [5.74, 6) is 0.909. The number of nitrogens with one attached hydrogen (secondary N) is 1. The molecule has 0 bridgehead atoms. The molecule has 0 aliphatic rings. The van der Waals surface area contributed by atoms with Crippen LogP contribution in [0.4, 0.5) is 0 Å². The first-order valence-electron chi connectivity index (χ1n) is 7.04. The third-order valence-electron chi connectivity index (χ3n) is 3.09. The Morgan fingerprint density at radius 1 is 1.35 bits per heavy atom. The molecule has 0 aliphatic carbocycles. The van der Waals surface area contributed by atoms with Gasteiger partial charge in [-0.2, -0.15) is 0 Å². The fourth-order valence-electron chi connectivity index (χ4n) is 2.24. The summed E-state index contributed by atoms with van der Waals surface area (Å²) in [6.07, 6.45) is 2.77. The molecular formula is C15H22N4O. The number of aryl methyl sites for hydroxylation is 1. The van der Waals surface area contributed by atoms with Crippen LogP contribution in [0.3, 0.4) is 0 Å². The lowest BCUT2D eigenvalue weighted by molar-refractivity contribution is 0.339.